The molecule has 1 saturated carbocycles. The Morgan fingerprint density at radius 3 is 2.50 bits per heavy atom. The van der Waals surface area contributed by atoms with Gasteiger partial charge in [0.15, 0.2) is 5.82 Å². The Morgan fingerprint density at radius 2 is 1.82 bits per heavy atom. The number of H-pyrrole nitrogens is 1. The third-order valence-electron chi connectivity index (χ3n) is 5.78. The predicted octanol–water partition coefficient (Wildman–Crippen LogP) is 4.92. The van der Waals surface area contributed by atoms with Crippen LogP contribution in [-0.4, -0.2) is 40.6 Å². The molecule has 2 aromatic carbocycles. The maximum absolute atomic E-state index is 9.57. The number of anilines is 3. The lowest BCUT2D eigenvalue weighted by Gasteiger charge is -2.07. The number of rotatable bonds is 5. The summed E-state index contributed by atoms with van der Waals surface area (Å²) in [6.07, 6.45) is 8.19. The Labute approximate surface area is 199 Å². The minimum atomic E-state index is 0.454. The average Bonchev–Trinajstić information content (AvgIpc) is 3.47. The third-order valence-corrected chi connectivity index (χ3v) is 5.78. The number of nitrogens with one attached hydrogen (secondary N) is 3. The lowest BCUT2D eigenvalue weighted by Crippen LogP contribution is -2.01. The predicted molar refractivity (Wildman–Crippen MR) is 135 cm³/mol. The highest BCUT2D eigenvalue weighted by Gasteiger charge is 2.19. The van der Waals surface area contributed by atoms with E-state index >= 15 is 0 Å². The number of aromatic nitrogens is 4. The second kappa shape index (κ2) is 11.3. The quantitative estimate of drug-likeness (QED) is 0.365. The monoisotopic (exact) mass is 458 g/mol. The minimum Gasteiger partial charge on any atom is -0.497 e. The Morgan fingerprint density at radius 1 is 1.03 bits per heavy atom. The summed E-state index contributed by atoms with van der Waals surface area (Å²) in [5.41, 5.74) is 4.52. The van der Waals surface area contributed by atoms with Crippen LogP contribution in [0, 0.1) is 5.92 Å². The summed E-state index contributed by atoms with van der Waals surface area (Å²) in [5, 5.41) is 14.8. The van der Waals surface area contributed by atoms with Crippen molar-refractivity contribution in [3.05, 3.63) is 66.1 Å². The summed E-state index contributed by atoms with van der Waals surface area (Å²) >= 11 is 0. The molecular weight excluding hydrogens is 428 g/mol. The zero-order valence-electron chi connectivity index (χ0n) is 19.5. The summed E-state index contributed by atoms with van der Waals surface area (Å²) in [6.45, 7) is 0. The molecule has 4 aromatic rings. The van der Waals surface area contributed by atoms with Crippen molar-refractivity contribution in [1.29, 1.82) is 0 Å². The molecule has 8 nitrogen and oxygen atoms in total. The van der Waals surface area contributed by atoms with E-state index in [9.17, 15) is 4.79 Å². The Kier molecular flexibility index (Phi) is 7.70. The van der Waals surface area contributed by atoms with Gasteiger partial charge in [-0.2, -0.15) is 5.10 Å². The molecule has 0 saturated heterocycles. The van der Waals surface area contributed by atoms with E-state index in [2.05, 4.69) is 30.8 Å². The van der Waals surface area contributed by atoms with Crippen molar-refractivity contribution in [2.45, 2.75) is 32.1 Å². The standard InChI is InChI=1S/C14H13N5.C8H11NO.C4H6O/c1-2-6-12-10(4-1)14(19-18-12)17-13-9-5-3-7-11(9)15-8-16-13;1-9-7-3-5-8(10-2)6-4-7;5-3-4-1-2-4/h1-2,4,6,8H,3,5,7H2,(H2,15,16,17,18,19);3-6,9H,1-2H3;3-4H,1-2H2. The number of para-hydroxylation sites is 1. The molecule has 1 fully saturated rings. The zero-order chi connectivity index (χ0) is 23.8. The van der Waals surface area contributed by atoms with Crippen molar-refractivity contribution >= 4 is 34.5 Å². The van der Waals surface area contributed by atoms with Crippen LogP contribution in [0.25, 0.3) is 10.9 Å². The van der Waals surface area contributed by atoms with Crippen LogP contribution < -0.4 is 15.4 Å². The molecule has 0 unspecified atom stereocenters. The number of aryl methyl sites for hydroxylation is 1. The highest BCUT2D eigenvalue weighted by atomic mass is 16.5. The van der Waals surface area contributed by atoms with Gasteiger partial charge in [0, 0.05) is 35.3 Å². The van der Waals surface area contributed by atoms with Gasteiger partial charge in [0.05, 0.1) is 12.6 Å². The SMILES string of the molecule is CNc1ccc(OC)cc1.O=CC1CC1.c1ccc2c(Nc3ncnc4c3CCC4)n[nH]c2c1. The van der Waals surface area contributed by atoms with Gasteiger partial charge >= 0.3 is 0 Å². The van der Waals surface area contributed by atoms with Crippen LogP contribution in [0.4, 0.5) is 17.3 Å². The number of hydrogen-bond donors (Lipinski definition) is 3. The molecule has 2 aromatic heterocycles. The van der Waals surface area contributed by atoms with Gasteiger partial charge in [-0.15, -0.1) is 0 Å². The fraction of sp³-hybridized carbons (Fsp3) is 0.308. The average molecular weight is 459 g/mol. The first-order valence-corrected chi connectivity index (χ1v) is 11.5. The van der Waals surface area contributed by atoms with E-state index in [1.54, 1.807) is 13.4 Å². The summed E-state index contributed by atoms with van der Waals surface area (Å²) in [6, 6.07) is 15.8. The molecule has 0 radical (unpaired) electrons. The first-order valence-electron chi connectivity index (χ1n) is 11.5. The van der Waals surface area contributed by atoms with E-state index in [1.165, 1.54) is 5.56 Å². The van der Waals surface area contributed by atoms with E-state index in [1.807, 2.05) is 55.6 Å². The van der Waals surface area contributed by atoms with Gasteiger partial charge in [0.2, 0.25) is 0 Å². The Bertz CT molecular complexity index is 1190. The van der Waals surface area contributed by atoms with Gasteiger partial charge in [-0.3, -0.25) is 5.10 Å². The number of carbonyl (C=O) groups is 1. The lowest BCUT2D eigenvalue weighted by atomic mass is 10.2. The molecule has 6 rings (SSSR count). The van der Waals surface area contributed by atoms with E-state index in [-0.39, 0.29) is 0 Å². The van der Waals surface area contributed by atoms with Gasteiger partial charge in [-0.1, -0.05) is 12.1 Å². The molecule has 0 atom stereocenters. The first-order chi connectivity index (χ1) is 16.7. The van der Waals surface area contributed by atoms with Gasteiger partial charge in [-0.25, -0.2) is 9.97 Å². The van der Waals surface area contributed by atoms with Crippen LogP contribution in [0.15, 0.2) is 54.9 Å². The van der Waals surface area contributed by atoms with E-state index in [0.29, 0.717) is 5.92 Å². The Balaban J connectivity index is 0.000000152. The number of hydrogen-bond acceptors (Lipinski definition) is 7. The number of methoxy groups -OCH3 is 1. The number of aromatic amines is 1. The van der Waals surface area contributed by atoms with E-state index in [4.69, 9.17) is 4.74 Å². The summed E-state index contributed by atoms with van der Waals surface area (Å²) in [4.78, 5) is 18.3. The van der Waals surface area contributed by atoms with Crippen LogP contribution >= 0.6 is 0 Å². The van der Waals surface area contributed by atoms with Crippen LogP contribution in [0.2, 0.25) is 0 Å². The zero-order valence-corrected chi connectivity index (χ0v) is 19.5. The molecule has 0 spiro atoms. The fourth-order valence-electron chi connectivity index (χ4n) is 3.63. The van der Waals surface area contributed by atoms with E-state index < -0.39 is 0 Å². The number of fused-ring (bicyclic) bond motifs is 2. The van der Waals surface area contributed by atoms with Crippen molar-refractivity contribution in [3.63, 3.8) is 0 Å². The number of carbonyl (C=O) groups excluding carboxylic acids is 1. The van der Waals surface area contributed by atoms with Crippen molar-refractivity contribution in [2.75, 3.05) is 24.8 Å². The normalized spacial score (nSPS) is 13.6. The van der Waals surface area contributed by atoms with Crippen molar-refractivity contribution < 1.29 is 9.53 Å². The molecule has 0 aliphatic heterocycles. The first kappa shape index (κ1) is 23.2. The summed E-state index contributed by atoms with van der Waals surface area (Å²) in [7, 11) is 3.55. The molecule has 2 aliphatic rings. The van der Waals surface area contributed by atoms with Gasteiger partial charge in [0.1, 0.15) is 24.2 Å². The summed E-state index contributed by atoms with van der Waals surface area (Å²) in [5.74, 6) is 3.05. The lowest BCUT2D eigenvalue weighted by molar-refractivity contribution is -0.108. The van der Waals surface area contributed by atoms with Crippen LogP contribution in [0.1, 0.15) is 30.5 Å². The molecule has 0 amide bonds. The second-order valence-corrected chi connectivity index (χ2v) is 8.20. The van der Waals surface area contributed by atoms with Gasteiger partial charge < -0.3 is 20.2 Å². The number of ether oxygens (including phenoxy) is 1. The van der Waals surface area contributed by atoms with Crippen LogP contribution in [-0.2, 0) is 17.6 Å². The second-order valence-electron chi connectivity index (χ2n) is 8.20. The maximum atomic E-state index is 9.57. The number of aldehydes is 1. The number of benzene rings is 2. The topological polar surface area (TPSA) is 105 Å². The fourth-order valence-corrected chi connectivity index (χ4v) is 3.63. The highest BCUT2D eigenvalue weighted by molar-refractivity contribution is 5.91. The summed E-state index contributed by atoms with van der Waals surface area (Å²) < 4.78 is 4.99. The third kappa shape index (κ3) is 5.89. The van der Waals surface area contributed by atoms with E-state index in [0.717, 1.165) is 78.1 Å². The largest absolute Gasteiger partial charge is 0.497 e. The van der Waals surface area contributed by atoms with Crippen LogP contribution in [0.5, 0.6) is 5.75 Å². The molecule has 2 aliphatic carbocycles. The molecule has 3 N–H and O–H groups in total. The van der Waals surface area contributed by atoms with Gasteiger partial charge in [-0.05, 0) is 68.5 Å². The van der Waals surface area contributed by atoms with Gasteiger partial charge in [0.25, 0.3) is 0 Å². The Hall–Kier alpha value is -3.94. The van der Waals surface area contributed by atoms with Crippen molar-refractivity contribution in [1.82, 2.24) is 20.2 Å². The highest BCUT2D eigenvalue weighted by Crippen LogP contribution is 2.29. The van der Waals surface area contributed by atoms with Crippen molar-refractivity contribution in [3.8, 4) is 5.75 Å². The molecule has 0 bridgehead atoms. The molecule has 2 heterocycles. The number of nitrogens with zero attached hydrogens (tertiary/aromatic N) is 3. The molecule has 176 valence electrons. The van der Waals surface area contributed by atoms with Crippen LogP contribution in [0.3, 0.4) is 0 Å². The maximum Gasteiger partial charge on any atom is 0.161 e. The van der Waals surface area contributed by atoms with Crippen molar-refractivity contribution in [2.24, 2.45) is 5.92 Å². The molecular formula is C26H30N6O2. The smallest absolute Gasteiger partial charge is 0.161 e. The molecule has 34 heavy (non-hydrogen) atoms. The minimum absolute atomic E-state index is 0.454. The molecule has 8 heteroatoms.